The Morgan fingerprint density at radius 1 is 1.00 bits per heavy atom. The normalized spacial score (nSPS) is 15.3. The van der Waals surface area contributed by atoms with E-state index in [4.69, 9.17) is 30.4 Å². The SMILES string of the molecule is CCSc1ncc(CN2CCc3c(nc(C(C)C)nc3N3CCCC3)C2)cn1.O=C(O)CC(O)(CC(=O)O)C(=O)O. The second-order valence-electron chi connectivity index (χ2n) is 10.4. The Hall–Kier alpha value is -3.36. The molecule has 4 N–H and O–H groups in total. The van der Waals surface area contributed by atoms with Crippen LogP contribution in [0.15, 0.2) is 17.6 Å². The highest BCUT2D eigenvalue weighted by atomic mass is 32.2. The molecule has 0 spiro atoms. The van der Waals surface area contributed by atoms with Gasteiger partial charge in [0.25, 0.3) is 0 Å². The molecule has 0 aromatic carbocycles. The lowest BCUT2D eigenvalue weighted by Crippen LogP contribution is -2.42. The van der Waals surface area contributed by atoms with Crippen molar-refractivity contribution in [2.24, 2.45) is 0 Å². The highest BCUT2D eigenvalue weighted by molar-refractivity contribution is 7.99. The van der Waals surface area contributed by atoms with E-state index in [1.54, 1.807) is 11.8 Å². The van der Waals surface area contributed by atoms with Crippen LogP contribution in [0.2, 0.25) is 0 Å². The summed E-state index contributed by atoms with van der Waals surface area (Å²) in [5.41, 5.74) is 1.01. The molecule has 0 unspecified atom stereocenters. The number of carboxylic acid groups (broad SMARTS) is 3. The van der Waals surface area contributed by atoms with Gasteiger partial charge in [0, 0.05) is 62.2 Å². The number of thioether (sulfide) groups is 1. The minimum atomic E-state index is -2.74. The van der Waals surface area contributed by atoms with Gasteiger partial charge >= 0.3 is 17.9 Å². The summed E-state index contributed by atoms with van der Waals surface area (Å²) in [5, 5.41) is 34.7. The molecule has 13 nitrogen and oxygen atoms in total. The first kappa shape index (κ1) is 32.2. The standard InChI is InChI=1S/C21H30N6S.C6H8O7/c1-4-28-21-22-11-16(12-23-21)13-26-10-7-17-18(14-26)24-19(15(2)3)25-20(17)27-8-5-6-9-27;7-3(8)1-6(13,5(11)12)2-4(9)10/h11-12,15H,4-10,13-14H2,1-3H3;13H,1-2H2,(H,7,8)(H,9,10)(H,11,12). The molecule has 4 heterocycles. The quantitative estimate of drug-likeness (QED) is 0.220. The minimum Gasteiger partial charge on any atom is -0.481 e. The second kappa shape index (κ2) is 14.5. The Bertz CT molecular complexity index is 1210. The Morgan fingerprint density at radius 2 is 1.61 bits per heavy atom. The summed E-state index contributed by atoms with van der Waals surface area (Å²) in [6.45, 7) is 11.5. The first-order valence-electron chi connectivity index (χ1n) is 13.6. The fourth-order valence-corrected chi connectivity index (χ4v) is 5.18. The zero-order valence-electron chi connectivity index (χ0n) is 23.6. The molecule has 2 aliphatic heterocycles. The summed E-state index contributed by atoms with van der Waals surface area (Å²) >= 11 is 1.68. The van der Waals surface area contributed by atoms with Gasteiger partial charge in [0.05, 0.1) is 18.5 Å². The fraction of sp³-hybridized carbons (Fsp3) is 0.593. The van der Waals surface area contributed by atoms with E-state index < -0.39 is 36.4 Å². The van der Waals surface area contributed by atoms with E-state index in [1.165, 1.54) is 35.5 Å². The number of aliphatic hydroxyl groups is 1. The topological polar surface area (TPSA) is 190 Å². The summed E-state index contributed by atoms with van der Waals surface area (Å²) in [6.07, 6.45) is 5.21. The number of nitrogens with zero attached hydrogens (tertiary/aromatic N) is 6. The zero-order valence-corrected chi connectivity index (χ0v) is 24.4. The van der Waals surface area contributed by atoms with Crippen LogP contribution < -0.4 is 4.90 Å². The molecule has 14 heteroatoms. The molecule has 1 fully saturated rings. The van der Waals surface area contributed by atoms with E-state index in [9.17, 15) is 14.4 Å². The maximum atomic E-state index is 10.3. The van der Waals surface area contributed by atoms with E-state index in [2.05, 4.69) is 40.5 Å². The molecule has 0 radical (unpaired) electrons. The van der Waals surface area contributed by atoms with Crippen LogP contribution in [-0.4, -0.2) is 94.2 Å². The Morgan fingerprint density at radius 3 is 2.12 bits per heavy atom. The average molecular weight is 591 g/mol. The third-order valence-corrected chi connectivity index (χ3v) is 7.47. The lowest BCUT2D eigenvalue weighted by atomic mass is 9.96. The molecule has 1 saturated heterocycles. The van der Waals surface area contributed by atoms with Gasteiger partial charge in [-0.2, -0.15) is 0 Å². The number of hydrogen-bond donors (Lipinski definition) is 4. The van der Waals surface area contributed by atoms with Crippen molar-refractivity contribution in [2.45, 2.75) is 82.6 Å². The Balaban J connectivity index is 0.000000302. The van der Waals surface area contributed by atoms with Crippen LogP contribution in [0.1, 0.15) is 75.0 Å². The maximum Gasteiger partial charge on any atom is 0.336 e. The van der Waals surface area contributed by atoms with Crippen molar-refractivity contribution in [2.75, 3.05) is 30.3 Å². The van der Waals surface area contributed by atoms with Gasteiger partial charge in [0.1, 0.15) is 11.6 Å². The van der Waals surface area contributed by atoms with Crippen molar-refractivity contribution in [3.63, 3.8) is 0 Å². The predicted molar refractivity (Wildman–Crippen MR) is 151 cm³/mol. The molecule has 4 rings (SSSR count). The molecule has 0 bridgehead atoms. The van der Waals surface area contributed by atoms with Gasteiger partial charge in [-0.05, 0) is 25.0 Å². The van der Waals surface area contributed by atoms with Gasteiger partial charge in [0.15, 0.2) is 10.8 Å². The van der Waals surface area contributed by atoms with Crippen molar-refractivity contribution < 1.29 is 34.8 Å². The van der Waals surface area contributed by atoms with Crippen LogP contribution in [0.5, 0.6) is 0 Å². The number of anilines is 1. The van der Waals surface area contributed by atoms with Crippen LogP contribution in [0, 0.1) is 0 Å². The van der Waals surface area contributed by atoms with Crippen LogP contribution in [-0.2, 0) is 33.9 Å². The number of aliphatic carboxylic acids is 3. The van der Waals surface area contributed by atoms with E-state index in [0.717, 1.165) is 55.9 Å². The molecule has 0 amide bonds. The van der Waals surface area contributed by atoms with Gasteiger partial charge < -0.3 is 25.3 Å². The molecule has 2 aromatic heterocycles. The van der Waals surface area contributed by atoms with Crippen molar-refractivity contribution >= 4 is 35.5 Å². The second-order valence-corrected chi connectivity index (χ2v) is 11.7. The summed E-state index contributed by atoms with van der Waals surface area (Å²) in [5.74, 6) is -1.49. The number of fused-ring (bicyclic) bond motifs is 1. The average Bonchev–Trinajstić information content (AvgIpc) is 3.43. The molecule has 41 heavy (non-hydrogen) atoms. The van der Waals surface area contributed by atoms with Crippen molar-refractivity contribution in [1.29, 1.82) is 0 Å². The zero-order chi connectivity index (χ0) is 30.2. The summed E-state index contributed by atoms with van der Waals surface area (Å²) in [6, 6.07) is 0. The fourth-order valence-electron chi connectivity index (χ4n) is 4.67. The van der Waals surface area contributed by atoms with Crippen molar-refractivity contribution in [3.05, 3.63) is 35.0 Å². The number of hydrogen-bond acceptors (Lipinski definition) is 11. The highest BCUT2D eigenvalue weighted by Gasteiger charge is 2.40. The van der Waals surface area contributed by atoms with E-state index in [0.29, 0.717) is 5.92 Å². The molecule has 0 atom stereocenters. The van der Waals surface area contributed by atoms with Gasteiger partial charge in [-0.25, -0.2) is 24.7 Å². The lowest BCUT2D eigenvalue weighted by molar-refractivity contribution is -0.170. The van der Waals surface area contributed by atoms with Gasteiger partial charge in [-0.3, -0.25) is 14.5 Å². The van der Waals surface area contributed by atoms with Crippen LogP contribution in [0.4, 0.5) is 5.82 Å². The number of rotatable bonds is 11. The van der Waals surface area contributed by atoms with Crippen LogP contribution in [0.3, 0.4) is 0 Å². The number of aromatic nitrogens is 4. The van der Waals surface area contributed by atoms with E-state index in [-0.39, 0.29) is 0 Å². The molecular weight excluding hydrogens is 552 g/mol. The lowest BCUT2D eigenvalue weighted by Gasteiger charge is -2.31. The molecule has 0 aliphatic carbocycles. The molecule has 0 saturated carbocycles. The molecule has 2 aliphatic rings. The third kappa shape index (κ3) is 9.07. The minimum absolute atomic E-state index is 0.346. The number of carboxylic acids is 3. The summed E-state index contributed by atoms with van der Waals surface area (Å²) in [7, 11) is 0. The smallest absolute Gasteiger partial charge is 0.336 e. The van der Waals surface area contributed by atoms with E-state index >= 15 is 0 Å². The van der Waals surface area contributed by atoms with Crippen molar-refractivity contribution in [3.8, 4) is 0 Å². The van der Waals surface area contributed by atoms with Crippen molar-refractivity contribution in [1.82, 2.24) is 24.8 Å². The first-order chi connectivity index (χ1) is 19.4. The third-order valence-electron chi connectivity index (χ3n) is 6.71. The largest absolute Gasteiger partial charge is 0.481 e. The maximum absolute atomic E-state index is 10.3. The molecule has 2 aromatic rings. The van der Waals surface area contributed by atoms with E-state index in [1.807, 2.05) is 12.4 Å². The number of carbonyl (C=O) groups is 3. The van der Waals surface area contributed by atoms with Crippen LogP contribution in [0.25, 0.3) is 0 Å². The Kier molecular flexibility index (Phi) is 11.4. The van der Waals surface area contributed by atoms with Gasteiger partial charge in [0.2, 0.25) is 0 Å². The predicted octanol–water partition coefficient (Wildman–Crippen LogP) is 2.41. The molecule has 224 valence electrons. The van der Waals surface area contributed by atoms with Gasteiger partial charge in [-0.15, -0.1) is 0 Å². The summed E-state index contributed by atoms with van der Waals surface area (Å²) in [4.78, 5) is 54.3. The van der Waals surface area contributed by atoms with Crippen LogP contribution >= 0.6 is 11.8 Å². The van der Waals surface area contributed by atoms with Gasteiger partial charge in [-0.1, -0.05) is 32.5 Å². The highest BCUT2D eigenvalue weighted by Crippen LogP contribution is 2.30. The Labute approximate surface area is 243 Å². The monoisotopic (exact) mass is 590 g/mol. The summed E-state index contributed by atoms with van der Waals surface area (Å²) < 4.78 is 0. The molecular formula is C27H38N6O7S. The first-order valence-corrected chi connectivity index (χ1v) is 14.6.